The predicted octanol–water partition coefficient (Wildman–Crippen LogP) is 4.46. The number of hydrogen-bond acceptors (Lipinski definition) is 4. The maximum Gasteiger partial charge on any atom is 0.242 e. The quantitative estimate of drug-likeness (QED) is 0.464. The van der Waals surface area contributed by atoms with Crippen LogP contribution in [-0.2, 0) is 26.2 Å². The van der Waals surface area contributed by atoms with E-state index in [2.05, 4.69) is 5.32 Å². The summed E-state index contributed by atoms with van der Waals surface area (Å²) in [5.74, 6) is -0.843. The summed E-state index contributed by atoms with van der Waals surface area (Å²) in [4.78, 5) is 27.9. The largest absolute Gasteiger partial charge is 0.352 e. The molecule has 0 saturated heterocycles. The predicted molar refractivity (Wildman–Crippen MR) is 144 cm³/mol. The zero-order valence-corrected chi connectivity index (χ0v) is 23.0. The van der Waals surface area contributed by atoms with Crippen LogP contribution in [0.3, 0.4) is 0 Å². The summed E-state index contributed by atoms with van der Waals surface area (Å²) in [5.41, 5.74) is 3.08. The first kappa shape index (κ1) is 28.6. The molecule has 1 aliphatic carbocycles. The van der Waals surface area contributed by atoms with Gasteiger partial charge < -0.3 is 10.2 Å². The standard InChI is InChI=1S/C28H38FN3O4S/c1-20-11-12-21(2)26(18-20)32(37(4,35)36)17-7-10-27(33)31(19-23-13-15-24(29)16-14-23)22(3)28(34)30-25-8-5-6-9-25/h11-16,18,22,25H,5-10,17,19H2,1-4H3,(H,30,34)/t22-/m1/s1. The summed E-state index contributed by atoms with van der Waals surface area (Å²) in [5, 5.41) is 3.06. The Bertz CT molecular complexity index is 1190. The summed E-state index contributed by atoms with van der Waals surface area (Å²) < 4.78 is 39.9. The highest BCUT2D eigenvalue weighted by Crippen LogP contribution is 2.25. The zero-order chi connectivity index (χ0) is 27.2. The van der Waals surface area contributed by atoms with Crippen LogP contribution in [0.4, 0.5) is 10.1 Å². The van der Waals surface area contributed by atoms with Gasteiger partial charge in [-0.25, -0.2) is 12.8 Å². The number of halogens is 1. The summed E-state index contributed by atoms with van der Waals surface area (Å²) in [7, 11) is -3.56. The van der Waals surface area contributed by atoms with Crippen LogP contribution < -0.4 is 9.62 Å². The maximum atomic E-state index is 13.4. The number of rotatable bonds is 11. The monoisotopic (exact) mass is 531 g/mol. The van der Waals surface area contributed by atoms with Crippen LogP contribution in [-0.4, -0.2) is 50.0 Å². The van der Waals surface area contributed by atoms with Gasteiger partial charge in [0.1, 0.15) is 11.9 Å². The lowest BCUT2D eigenvalue weighted by molar-refractivity contribution is -0.141. The molecule has 3 rings (SSSR count). The van der Waals surface area contributed by atoms with Crippen molar-refractivity contribution in [1.29, 1.82) is 0 Å². The van der Waals surface area contributed by atoms with Gasteiger partial charge in [0.2, 0.25) is 21.8 Å². The molecule has 2 aromatic carbocycles. The first-order valence-corrected chi connectivity index (χ1v) is 14.7. The lowest BCUT2D eigenvalue weighted by Crippen LogP contribution is -2.49. The van der Waals surface area contributed by atoms with Crippen molar-refractivity contribution in [3.63, 3.8) is 0 Å². The van der Waals surface area contributed by atoms with Crippen molar-refractivity contribution in [2.24, 2.45) is 0 Å². The van der Waals surface area contributed by atoms with Crippen molar-refractivity contribution >= 4 is 27.5 Å². The highest BCUT2D eigenvalue weighted by molar-refractivity contribution is 7.92. The van der Waals surface area contributed by atoms with Crippen molar-refractivity contribution in [3.05, 3.63) is 65.0 Å². The molecule has 1 fully saturated rings. The molecular weight excluding hydrogens is 493 g/mol. The van der Waals surface area contributed by atoms with E-state index in [4.69, 9.17) is 0 Å². The highest BCUT2D eigenvalue weighted by atomic mass is 32.2. The van der Waals surface area contributed by atoms with E-state index in [1.807, 2.05) is 32.0 Å². The number of nitrogens with zero attached hydrogens (tertiary/aromatic N) is 2. The van der Waals surface area contributed by atoms with Crippen LogP contribution in [0.25, 0.3) is 0 Å². The van der Waals surface area contributed by atoms with Crippen LogP contribution in [0.2, 0.25) is 0 Å². The fraction of sp³-hybridized carbons (Fsp3) is 0.500. The summed E-state index contributed by atoms with van der Waals surface area (Å²) in [6.45, 7) is 5.75. The van der Waals surface area contributed by atoms with E-state index < -0.39 is 16.1 Å². The number of sulfonamides is 1. The van der Waals surface area contributed by atoms with Gasteiger partial charge in [0, 0.05) is 25.6 Å². The molecule has 0 bridgehead atoms. The van der Waals surface area contributed by atoms with E-state index >= 15 is 0 Å². The van der Waals surface area contributed by atoms with Gasteiger partial charge in [0.25, 0.3) is 0 Å². The molecule has 9 heteroatoms. The number of nitrogens with one attached hydrogen (secondary N) is 1. The number of amides is 2. The van der Waals surface area contributed by atoms with Crippen LogP contribution >= 0.6 is 0 Å². The molecule has 0 aromatic heterocycles. The molecule has 2 amide bonds. The van der Waals surface area contributed by atoms with E-state index in [-0.39, 0.29) is 49.6 Å². The van der Waals surface area contributed by atoms with Crippen LogP contribution in [0.5, 0.6) is 0 Å². The Balaban J connectivity index is 1.73. The smallest absolute Gasteiger partial charge is 0.242 e. The fourth-order valence-electron chi connectivity index (χ4n) is 4.73. The molecule has 202 valence electrons. The number of hydrogen-bond donors (Lipinski definition) is 1. The Labute approximate surface area is 220 Å². The van der Waals surface area contributed by atoms with Crippen molar-refractivity contribution in [2.75, 3.05) is 17.1 Å². The van der Waals surface area contributed by atoms with E-state index in [1.54, 1.807) is 19.1 Å². The number of anilines is 1. The van der Waals surface area contributed by atoms with Crippen molar-refractivity contribution in [3.8, 4) is 0 Å². The molecule has 37 heavy (non-hydrogen) atoms. The molecule has 0 radical (unpaired) electrons. The van der Waals surface area contributed by atoms with Crippen molar-refractivity contribution < 1.29 is 22.4 Å². The number of aryl methyl sites for hydroxylation is 2. The first-order chi connectivity index (χ1) is 17.5. The van der Waals surface area contributed by atoms with Crippen molar-refractivity contribution in [2.45, 2.75) is 77.9 Å². The SMILES string of the molecule is Cc1ccc(C)c(N(CCCC(=O)N(Cc2ccc(F)cc2)[C@H](C)C(=O)NC2CCCC2)S(C)(=O)=O)c1. The third-order valence-corrected chi connectivity index (χ3v) is 8.10. The molecule has 1 atom stereocenters. The first-order valence-electron chi connectivity index (χ1n) is 12.8. The Morgan fingerprint density at radius 2 is 1.73 bits per heavy atom. The van der Waals surface area contributed by atoms with Gasteiger partial charge in [-0.2, -0.15) is 0 Å². The lowest BCUT2D eigenvalue weighted by Gasteiger charge is -2.30. The van der Waals surface area contributed by atoms with E-state index in [0.717, 1.165) is 43.1 Å². The third-order valence-electron chi connectivity index (χ3n) is 6.92. The summed E-state index contributed by atoms with van der Waals surface area (Å²) in [6.07, 6.45) is 5.54. The van der Waals surface area contributed by atoms with Crippen molar-refractivity contribution in [1.82, 2.24) is 10.2 Å². The lowest BCUT2D eigenvalue weighted by atomic mass is 10.1. The van der Waals surface area contributed by atoms with E-state index in [1.165, 1.54) is 21.3 Å². The van der Waals surface area contributed by atoms with Gasteiger partial charge in [-0.1, -0.05) is 37.1 Å². The van der Waals surface area contributed by atoms with Gasteiger partial charge in [0.15, 0.2) is 0 Å². The fourth-order valence-corrected chi connectivity index (χ4v) is 5.75. The molecule has 1 N–H and O–H groups in total. The second-order valence-electron chi connectivity index (χ2n) is 10.0. The number of carbonyl (C=O) groups is 2. The van der Waals surface area contributed by atoms with Crippen LogP contribution in [0.15, 0.2) is 42.5 Å². The summed E-state index contributed by atoms with van der Waals surface area (Å²) in [6, 6.07) is 10.9. The molecule has 7 nitrogen and oxygen atoms in total. The normalized spacial score (nSPS) is 14.8. The van der Waals surface area contributed by atoms with Gasteiger partial charge in [-0.05, 0) is 74.9 Å². The molecule has 0 unspecified atom stereocenters. The topological polar surface area (TPSA) is 86.8 Å². The van der Waals surface area contributed by atoms with Gasteiger partial charge in [-0.15, -0.1) is 0 Å². The second kappa shape index (κ2) is 12.5. The Morgan fingerprint density at radius 3 is 2.35 bits per heavy atom. The van der Waals surface area contributed by atoms with Gasteiger partial charge in [0.05, 0.1) is 11.9 Å². The Morgan fingerprint density at radius 1 is 1.08 bits per heavy atom. The maximum absolute atomic E-state index is 13.4. The van der Waals surface area contributed by atoms with E-state index in [0.29, 0.717) is 11.3 Å². The molecule has 2 aromatic rings. The number of benzene rings is 2. The minimum Gasteiger partial charge on any atom is -0.352 e. The Kier molecular flexibility index (Phi) is 9.70. The average Bonchev–Trinajstić information content (AvgIpc) is 3.35. The molecule has 1 saturated carbocycles. The minimum atomic E-state index is -3.56. The minimum absolute atomic E-state index is 0.0686. The van der Waals surface area contributed by atoms with E-state index in [9.17, 15) is 22.4 Å². The Hall–Kier alpha value is -2.94. The van der Waals surface area contributed by atoms with Crippen LogP contribution in [0.1, 0.15) is 62.1 Å². The zero-order valence-electron chi connectivity index (χ0n) is 22.2. The third kappa shape index (κ3) is 8.02. The van der Waals surface area contributed by atoms with Gasteiger partial charge >= 0.3 is 0 Å². The molecule has 0 heterocycles. The average molecular weight is 532 g/mol. The molecule has 0 spiro atoms. The second-order valence-corrected chi connectivity index (χ2v) is 11.9. The highest BCUT2D eigenvalue weighted by Gasteiger charge is 2.29. The van der Waals surface area contributed by atoms with Gasteiger partial charge in [-0.3, -0.25) is 13.9 Å². The molecule has 0 aliphatic heterocycles. The molecule has 1 aliphatic rings. The summed E-state index contributed by atoms with van der Waals surface area (Å²) >= 11 is 0. The van der Waals surface area contributed by atoms with Crippen LogP contribution in [0, 0.1) is 19.7 Å². The molecular formula is C28H38FN3O4S. The number of carbonyl (C=O) groups excluding carboxylic acids is 2.